The van der Waals surface area contributed by atoms with Crippen LogP contribution in [-0.4, -0.2) is 36.7 Å². The van der Waals surface area contributed by atoms with Crippen molar-refractivity contribution < 1.29 is 19.1 Å². The van der Waals surface area contributed by atoms with Gasteiger partial charge in [-0.15, -0.1) is 11.8 Å². The SMILES string of the molecule is COC(=O)CSCC1=CC[C@@H](C(C)C)C[C@@H]1OC(=O)c1ccccc1. The molecular formula is C20H26O4S. The fraction of sp³-hybridized carbons (Fsp3) is 0.500. The van der Waals surface area contributed by atoms with Gasteiger partial charge in [0.25, 0.3) is 0 Å². The van der Waals surface area contributed by atoms with Crippen LogP contribution in [0.5, 0.6) is 0 Å². The molecule has 25 heavy (non-hydrogen) atoms. The summed E-state index contributed by atoms with van der Waals surface area (Å²) in [5, 5.41) is 0. The number of carbonyl (C=O) groups excluding carboxylic acids is 2. The van der Waals surface area contributed by atoms with Crippen LogP contribution in [0.25, 0.3) is 0 Å². The zero-order chi connectivity index (χ0) is 18.2. The lowest BCUT2D eigenvalue weighted by atomic mass is 9.81. The highest BCUT2D eigenvalue weighted by atomic mass is 32.2. The average Bonchev–Trinajstić information content (AvgIpc) is 2.63. The molecule has 0 heterocycles. The number of ether oxygens (including phenoxy) is 2. The Labute approximate surface area is 154 Å². The van der Waals surface area contributed by atoms with E-state index in [1.807, 2.05) is 18.2 Å². The minimum Gasteiger partial charge on any atom is -0.468 e. The van der Waals surface area contributed by atoms with Crippen LogP contribution in [-0.2, 0) is 14.3 Å². The van der Waals surface area contributed by atoms with Crippen LogP contribution >= 0.6 is 11.8 Å². The molecule has 0 amide bonds. The molecular weight excluding hydrogens is 336 g/mol. The summed E-state index contributed by atoms with van der Waals surface area (Å²) in [7, 11) is 1.39. The average molecular weight is 362 g/mol. The second kappa shape index (κ2) is 9.66. The van der Waals surface area contributed by atoms with E-state index in [9.17, 15) is 9.59 Å². The van der Waals surface area contributed by atoms with Gasteiger partial charge in [-0.3, -0.25) is 4.79 Å². The summed E-state index contributed by atoms with van der Waals surface area (Å²) in [4.78, 5) is 23.7. The minimum atomic E-state index is -0.293. The Morgan fingerprint density at radius 2 is 1.96 bits per heavy atom. The summed E-state index contributed by atoms with van der Waals surface area (Å²) in [6.45, 7) is 4.40. The van der Waals surface area contributed by atoms with Gasteiger partial charge >= 0.3 is 11.9 Å². The first-order chi connectivity index (χ1) is 12.0. The number of benzene rings is 1. The largest absolute Gasteiger partial charge is 0.468 e. The number of methoxy groups -OCH3 is 1. The van der Waals surface area contributed by atoms with Crippen molar-refractivity contribution in [2.75, 3.05) is 18.6 Å². The highest BCUT2D eigenvalue weighted by Crippen LogP contribution is 2.33. The number of hydrogen-bond donors (Lipinski definition) is 0. The molecule has 0 fully saturated rings. The topological polar surface area (TPSA) is 52.6 Å². The van der Waals surface area contributed by atoms with E-state index in [1.165, 1.54) is 18.9 Å². The van der Waals surface area contributed by atoms with Gasteiger partial charge in [0, 0.05) is 5.75 Å². The molecule has 2 atom stereocenters. The maximum atomic E-state index is 12.4. The lowest BCUT2D eigenvalue weighted by Gasteiger charge is -2.31. The Bertz CT molecular complexity index is 609. The molecule has 0 spiro atoms. The van der Waals surface area contributed by atoms with Gasteiger partial charge in [-0.25, -0.2) is 4.79 Å². The number of rotatable bonds is 7. The van der Waals surface area contributed by atoms with E-state index in [1.54, 1.807) is 12.1 Å². The number of esters is 2. The van der Waals surface area contributed by atoms with Gasteiger partial charge in [0.2, 0.25) is 0 Å². The summed E-state index contributed by atoms with van der Waals surface area (Å²) in [6.07, 6.45) is 3.78. The van der Waals surface area contributed by atoms with Crippen LogP contribution in [0, 0.1) is 11.8 Å². The second-order valence-corrected chi connectivity index (χ2v) is 7.57. The van der Waals surface area contributed by atoms with Gasteiger partial charge < -0.3 is 9.47 Å². The van der Waals surface area contributed by atoms with Gasteiger partial charge in [0.1, 0.15) is 6.10 Å². The zero-order valence-corrected chi connectivity index (χ0v) is 15.9. The molecule has 1 aliphatic carbocycles. The van der Waals surface area contributed by atoms with Gasteiger partial charge in [0.05, 0.1) is 18.4 Å². The minimum absolute atomic E-state index is 0.223. The predicted molar refractivity (Wildman–Crippen MR) is 101 cm³/mol. The number of hydrogen-bond acceptors (Lipinski definition) is 5. The molecule has 136 valence electrons. The molecule has 0 saturated carbocycles. The molecule has 5 heteroatoms. The van der Waals surface area contributed by atoms with Crippen LogP contribution in [0.1, 0.15) is 37.0 Å². The highest BCUT2D eigenvalue weighted by molar-refractivity contribution is 8.00. The zero-order valence-electron chi connectivity index (χ0n) is 15.1. The first kappa shape index (κ1) is 19.6. The Hall–Kier alpha value is -1.75. The van der Waals surface area contributed by atoms with Crippen LogP contribution in [0.4, 0.5) is 0 Å². The smallest absolute Gasteiger partial charge is 0.338 e. The number of carbonyl (C=O) groups is 2. The highest BCUT2D eigenvalue weighted by Gasteiger charge is 2.29. The van der Waals surface area contributed by atoms with Crippen LogP contribution in [0.3, 0.4) is 0 Å². The fourth-order valence-corrected chi connectivity index (χ4v) is 3.79. The van der Waals surface area contributed by atoms with E-state index in [0.717, 1.165) is 18.4 Å². The number of allylic oxidation sites excluding steroid dienone is 1. The van der Waals surface area contributed by atoms with Gasteiger partial charge in [-0.05, 0) is 42.4 Å². The van der Waals surface area contributed by atoms with E-state index >= 15 is 0 Å². The second-order valence-electron chi connectivity index (χ2n) is 6.58. The van der Waals surface area contributed by atoms with E-state index in [-0.39, 0.29) is 18.0 Å². The molecule has 2 rings (SSSR count). The van der Waals surface area contributed by atoms with Crippen molar-refractivity contribution >= 4 is 23.7 Å². The first-order valence-electron chi connectivity index (χ1n) is 8.60. The molecule has 1 aliphatic rings. The Balaban J connectivity index is 2.03. The quantitative estimate of drug-likeness (QED) is 0.540. The van der Waals surface area contributed by atoms with Crippen molar-refractivity contribution in [3.05, 3.63) is 47.5 Å². The van der Waals surface area contributed by atoms with Gasteiger partial charge in [0.15, 0.2) is 0 Å². The van der Waals surface area contributed by atoms with Gasteiger partial charge in [-0.2, -0.15) is 0 Å². The van der Waals surface area contributed by atoms with Crippen LogP contribution < -0.4 is 0 Å². The molecule has 0 unspecified atom stereocenters. The third-order valence-electron chi connectivity index (χ3n) is 4.53. The summed E-state index contributed by atoms with van der Waals surface area (Å²) in [6, 6.07) is 9.07. The fourth-order valence-electron chi connectivity index (χ4n) is 2.86. The molecule has 0 aliphatic heterocycles. The van der Waals surface area contributed by atoms with E-state index in [4.69, 9.17) is 4.74 Å². The maximum absolute atomic E-state index is 12.4. The third-order valence-corrected chi connectivity index (χ3v) is 5.51. The Morgan fingerprint density at radius 1 is 1.24 bits per heavy atom. The van der Waals surface area contributed by atoms with E-state index in [0.29, 0.717) is 28.9 Å². The normalized spacial score (nSPS) is 20.1. The summed E-state index contributed by atoms with van der Waals surface area (Å²) in [5.41, 5.74) is 1.66. The third kappa shape index (κ3) is 5.92. The standard InChI is InChI=1S/C20H26O4S/c1-14(2)16-9-10-17(12-25-13-19(21)23-3)18(11-16)24-20(22)15-7-5-4-6-8-15/h4-8,10,14,16,18H,9,11-13H2,1-3H3/t16-,18+/m1/s1. The van der Waals surface area contributed by atoms with Crippen molar-refractivity contribution in [1.82, 2.24) is 0 Å². The maximum Gasteiger partial charge on any atom is 0.338 e. The Kier molecular flexibility index (Phi) is 7.56. The summed E-state index contributed by atoms with van der Waals surface area (Å²) in [5.74, 6) is 1.49. The van der Waals surface area contributed by atoms with Crippen LogP contribution in [0.2, 0.25) is 0 Å². The van der Waals surface area contributed by atoms with Crippen molar-refractivity contribution in [1.29, 1.82) is 0 Å². The number of thioether (sulfide) groups is 1. The van der Waals surface area contributed by atoms with Crippen molar-refractivity contribution in [3.8, 4) is 0 Å². The molecule has 0 aromatic heterocycles. The van der Waals surface area contributed by atoms with E-state index < -0.39 is 0 Å². The molecule has 0 radical (unpaired) electrons. The molecule has 1 aromatic rings. The lowest BCUT2D eigenvalue weighted by Crippen LogP contribution is -2.29. The van der Waals surface area contributed by atoms with E-state index in [2.05, 4.69) is 24.7 Å². The lowest BCUT2D eigenvalue weighted by molar-refractivity contribution is -0.137. The molecule has 0 bridgehead atoms. The van der Waals surface area contributed by atoms with Crippen molar-refractivity contribution in [3.63, 3.8) is 0 Å². The molecule has 0 saturated heterocycles. The first-order valence-corrected chi connectivity index (χ1v) is 9.76. The summed E-state index contributed by atoms with van der Waals surface area (Å²) < 4.78 is 10.5. The predicted octanol–water partition coefficient (Wildman–Crippen LogP) is 4.11. The van der Waals surface area contributed by atoms with Crippen LogP contribution in [0.15, 0.2) is 42.0 Å². The molecule has 4 nitrogen and oxygen atoms in total. The van der Waals surface area contributed by atoms with Crippen molar-refractivity contribution in [2.45, 2.75) is 32.8 Å². The monoisotopic (exact) mass is 362 g/mol. The van der Waals surface area contributed by atoms with Gasteiger partial charge in [-0.1, -0.05) is 38.1 Å². The summed E-state index contributed by atoms with van der Waals surface area (Å²) >= 11 is 1.49. The van der Waals surface area contributed by atoms with Crippen molar-refractivity contribution in [2.24, 2.45) is 11.8 Å². The molecule has 1 aromatic carbocycles. The molecule has 0 N–H and O–H groups in total. The Morgan fingerprint density at radius 3 is 2.60 bits per heavy atom.